The molecular formula is C47H43F2N5O7S. The van der Waals surface area contributed by atoms with Gasteiger partial charge in [-0.05, 0) is 98.8 Å². The molecule has 318 valence electrons. The molecule has 12 nitrogen and oxygen atoms in total. The number of fused-ring (bicyclic) bond motifs is 2. The Morgan fingerprint density at radius 1 is 0.968 bits per heavy atom. The number of hydrogen-bond donors (Lipinski definition) is 2. The Balaban J connectivity index is 1.27. The topological polar surface area (TPSA) is 154 Å². The Hall–Kier alpha value is -7.05. The molecule has 2 amide bonds. The first kappa shape index (κ1) is 43.1. The van der Waals surface area contributed by atoms with Crippen LogP contribution in [0, 0.1) is 23.0 Å². The van der Waals surface area contributed by atoms with Gasteiger partial charge in [0.15, 0.2) is 0 Å². The molecule has 0 saturated heterocycles. The first-order valence-corrected chi connectivity index (χ1v) is 20.4. The molecule has 0 bridgehead atoms. The third-order valence-corrected chi connectivity index (χ3v) is 11.7. The summed E-state index contributed by atoms with van der Waals surface area (Å²) in [5.41, 5.74) is 0.616. The predicted octanol–water partition coefficient (Wildman–Crippen LogP) is 10.1. The van der Waals surface area contributed by atoms with Crippen molar-refractivity contribution in [3.63, 3.8) is 0 Å². The first-order chi connectivity index (χ1) is 29.6. The summed E-state index contributed by atoms with van der Waals surface area (Å²) in [4.78, 5) is 48.9. The van der Waals surface area contributed by atoms with Crippen molar-refractivity contribution in [1.29, 1.82) is 5.26 Å². The number of carboxylic acids is 1. The molecule has 1 aliphatic heterocycles. The van der Waals surface area contributed by atoms with E-state index in [4.69, 9.17) is 19.2 Å². The van der Waals surface area contributed by atoms with Crippen LogP contribution in [0.2, 0.25) is 0 Å². The van der Waals surface area contributed by atoms with Gasteiger partial charge in [0.05, 0.1) is 36.1 Å². The van der Waals surface area contributed by atoms with E-state index in [1.807, 2.05) is 67.6 Å². The van der Waals surface area contributed by atoms with Crippen molar-refractivity contribution in [2.75, 3.05) is 31.0 Å². The standard InChI is InChI=1S/C47H43F2N5O7S/c1-26(31-8-7-20-51-42(31)53(24-27-9-13-29(59-5)14-10-27)25-28-11-15-30(60-6)16-12-28)54-21-19-32-34(44(54)55)22-37(49)39(40(32)45(56)57)33-17-18-36(48)41-38(33)35(23-50)43(62-41)52-46(58)61-47(2,3)4/h7-18,20,22,26H,19,21,24-25H2,1-6H3,(H,52,58)(H,56,57). The maximum Gasteiger partial charge on any atom is 0.412 e. The number of pyridine rings is 1. The average Bonchev–Trinajstić information content (AvgIpc) is 3.61. The maximum absolute atomic E-state index is 16.7. The number of nitrogens with one attached hydrogen (secondary N) is 1. The first-order valence-electron chi connectivity index (χ1n) is 19.6. The van der Waals surface area contributed by atoms with Gasteiger partial charge in [0, 0.05) is 47.9 Å². The molecular weight excluding hydrogens is 817 g/mol. The lowest BCUT2D eigenvalue weighted by atomic mass is 9.85. The van der Waals surface area contributed by atoms with Crippen LogP contribution in [-0.2, 0) is 24.2 Å². The van der Waals surface area contributed by atoms with E-state index < -0.39 is 52.4 Å². The van der Waals surface area contributed by atoms with Crippen LogP contribution in [0.25, 0.3) is 21.2 Å². The number of halogens is 2. The number of methoxy groups -OCH3 is 2. The zero-order valence-corrected chi connectivity index (χ0v) is 35.7. The van der Waals surface area contributed by atoms with Gasteiger partial charge in [0.1, 0.15) is 45.6 Å². The van der Waals surface area contributed by atoms with Crippen LogP contribution in [0.3, 0.4) is 0 Å². The molecule has 0 fully saturated rings. The third-order valence-electron chi connectivity index (χ3n) is 10.6. The lowest BCUT2D eigenvalue weighted by Gasteiger charge is -2.36. The molecule has 0 radical (unpaired) electrons. The van der Waals surface area contributed by atoms with E-state index in [9.17, 15) is 24.8 Å². The smallest absolute Gasteiger partial charge is 0.412 e. The third kappa shape index (κ3) is 8.59. The fourth-order valence-electron chi connectivity index (χ4n) is 7.75. The summed E-state index contributed by atoms with van der Waals surface area (Å²) in [6, 6.07) is 23.7. The molecule has 3 heterocycles. The Bertz CT molecular complexity index is 2690. The van der Waals surface area contributed by atoms with Crippen LogP contribution in [0.4, 0.5) is 24.4 Å². The molecule has 7 rings (SSSR count). The number of hydrogen-bond acceptors (Lipinski definition) is 10. The van der Waals surface area contributed by atoms with Crippen molar-refractivity contribution in [1.82, 2.24) is 9.88 Å². The van der Waals surface area contributed by atoms with Crippen molar-refractivity contribution >= 4 is 50.2 Å². The summed E-state index contributed by atoms with van der Waals surface area (Å²) < 4.78 is 48.1. The molecule has 0 saturated carbocycles. The quantitative estimate of drug-likeness (QED) is 0.122. The highest BCUT2D eigenvalue weighted by Gasteiger charge is 2.37. The number of aromatic nitrogens is 1. The van der Waals surface area contributed by atoms with Crippen molar-refractivity contribution in [2.24, 2.45) is 0 Å². The monoisotopic (exact) mass is 859 g/mol. The van der Waals surface area contributed by atoms with E-state index >= 15 is 8.78 Å². The fourth-order valence-corrected chi connectivity index (χ4v) is 8.81. The number of benzene rings is 4. The van der Waals surface area contributed by atoms with Gasteiger partial charge in [-0.15, -0.1) is 11.3 Å². The van der Waals surface area contributed by atoms with Crippen LogP contribution in [0.15, 0.2) is 85.1 Å². The van der Waals surface area contributed by atoms with Crippen LogP contribution in [0.5, 0.6) is 11.5 Å². The SMILES string of the molecule is COc1ccc(CN(Cc2ccc(OC)cc2)c2ncccc2C(C)N2CCc3c(cc(F)c(-c4ccc(F)c5sc(NC(=O)OC(C)(C)C)c(C#N)c45)c3C(=O)O)C2=O)cc1. The van der Waals surface area contributed by atoms with Crippen molar-refractivity contribution in [3.8, 4) is 28.7 Å². The second kappa shape index (κ2) is 17.5. The van der Waals surface area contributed by atoms with Gasteiger partial charge in [-0.1, -0.05) is 36.4 Å². The minimum Gasteiger partial charge on any atom is -0.497 e. The number of carbonyl (C=O) groups excluding carboxylic acids is 2. The largest absolute Gasteiger partial charge is 0.497 e. The van der Waals surface area contributed by atoms with Crippen molar-refractivity contribution in [2.45, 2.75) is 58.8 Å². The molecule has 0 aliphatic carbocycles. The number of rotatable bonds is 12. The van der Waals surface area contributed by atoms with Crippen LogP contribution in [0.1, 0.15) is 82.3 Å². The summed E-state index contributed by atoms with van der Waals surface area (Å²) in [6.45, 7) is 7.78. The molecule has 2 N–H and O–H groups in total. The van der Waals surface area contributed by atoms with E-state index in [0.29, 0.717) is 36.0 Å². The Morgan fingerprint density at radius 2 is 1.60 bits per heavy atom. The van der Waals surface area contributed by atoms with Gasteiger partial charge >= 0.3 is 12.1 Å². The van der Waals surface area contributed by atoms with Crippen LogP contribution < -0.4 is 19.7 Å². The van der Waals surface area contributed by atoms with Gasteiger partial charge in [-0.3, -0.25) is 10.1 Å². The highest BCUT2D eigenvalue weighted by Crippen LogP contribution is 2.46. The summed E-state index contributed by atoms with van der Waals surface area (Å²) in [5, 5.41) is 23.3. The van der Waals surface area contributed by atoms with Crippen LogP contribution in [-0.4, -0.2) is 59.3 Å². The van der Waals surface area contributed by atoms with E-state index in [2.05, 4.69) is 10.2 Å². The number of thiophene rings is 1. The molecule has 4 aromatic carbocycles. The van der Waals surface area contributed by atoms with Gasteiger partial charge < -0.3 is 29.1 Å². The zero-order valence-electron chi connectivity index (χ0n) is 34.8. The highest BCUT2D eigenvalue weighted by atomic mass is 32.1. The summed E-state index contributed by atoms with van der Waals surface area (Å²) in [5.74, 6) is -1.87. The Labute approximate surface area is 360 Å². The minimum absolute atomic E-state index is 0.0435. The lowest BCUT2D eigenvalue weighted by molar-refractivity contribution is 0.0631. The molecule has 1 atom stereocenters. The zero-order chi connectivity index (χ0) is 44.5. The number of anilines is 2. The van der Waals surface area contributed by atoms with Gasteiger partial charge in [0.2, 0.25) is 0 Å². The van der Waals surface area contributed by atoms with Gasteiger partial charge in [-0.25, -0.2) is 23.4 Å². The number of amides is 2. The number of aromatic carboxylic acids is 1. The number of carboxylic acid groups (broad SMARTS) is 1. The minimum atomic E-state index is -1.51. The molecule has 0 spiro atoms. The molecule has 1 unspecified atom stereocenters. The fraction of sp³-hybridized carbons (Fsp3) is 0.255. The number of nitriles is 1. The van der Waals surface area contributed by atoms with E-state index in [0.717, 1.165) is 34.6 Å². The average molecular weight is 860 g/mol. The lowest BCUT2D eigenvalue weighted by Crippen LogP contribution is -2.41. The van der Waals surface area contributed by atoms with E-state index in [1.165, 1.54) is 6.07 Å². The Morgan fingerprint density at radius 3 is 2.16 bits per heavy atom. The Kier molecular flexibility index (Phi) is 12.2. The predicted molar refractivity (Wildman–Crippen MR) is 232 cm³/mol. The normalized spacial score (nSPS) is 13.0. The highest BCUT2D eigenvalue weighted by molar-refractivity contribution is 7.23. The second-order valence-corrected chi connectivity index (χ2v) is 16.7. The number of nitrogens with zero attached hydrogens (tertiary/aromatic N) is 4. The number of carbonyl (C=O) groups is 3. The van der Waals surface area contributed by atoms with E-state index in [-0.39, 0.29) is 50.3 Å². The summed E-state index contributed by atoms with van der Waals surface area (Å²) >= 11 is 0.737. The number of ether oxygens (including phenoxy) is 3. The molecule has 2 aromatic heterocycles. The second-order valence-electron chi connectivity index (χ2n) is 15.7. The van der Waals surface area contributed by atoms with Crippen molar-refractivity contribution in [3.05, 3.63) is 136 Å². The van der Waals surface area contributed by atoms with Crippen LogP contribution >= 0.6 is 11.3 Å². The van der Waals surface area contributed by atoms with E-state index in [1.54, 1.807) is 52.2 Å². The van der Waals surface area contributed by atoms with Gasteiger partial charge in [0.25, 0.3) is 5.91 Å². The van der Waals surface area contributed by atoms with Crippen molar-refractivity contribution < 1.29 is 42.5 Å². The molecule has 1 aliphatic rings. The summed E-state index contributed by atoms with van der Waals surface area (Å²) in [7, 11) is 3.21. The summed E-state index contributed by atoms with van der Waals surface area (Å²) in [6.07, 6.45) is 0.826. The maximum atomic E-state index is 16.7. The van der Waals surface area contributed by atoms with Gasteiger partial charge in [-0.2, -0.15) is 5.26 Å². The molecule has 6 aromatic rings. The molecule has 15 heteroatoms. The molecule has 62 heavy (non-hydrogen) atoms.